The van der Waals surface area contributed by atoms with Gasteiger partial charge in [0.2, 0.25) is 0 Å². The number of ether oxygens (including phenoxy) is 3. The summed E-state index contributed by atoms with van der Waals surface area (Å²) in [6.07, 6.45) is 3.52. The first-order chi connectivity index (χ1) is 16.2. The smallest absolute Gasteiger partial charge is 0.410 e. The number of rotatable bonds is 7. The molecule has 1 amide bonds. The van der Waals surface area contributed by atoms with Crippen molar-refractivity contribution in [2.24, 2.45) is 0 Å². The van der Waals surface area contributed by atoms with Crippen molar-refractivity contribution in [2.45, 2.75) is 65.3 Å². The van der Waals surface area contributed by atoms with Gasteiger partial charge in [-0.15, -0.1) is 0 Å². The molecule has 1 aliphatic heterocycles. The van der Waals surface area contributed by atoms with Crippen LogP contribution in [0.2, 0.25) is 0 Å². The highest BCUT2D eigenvalue weighted by molar-refractivity contribution is 7.11. The van der Waals surface area contributed by atoms with E-state index in [4.69, 9.17) is 19.2 Å². The van der Waals surface area contributed by atoms with Gasteiger partial charge in [0.15, 0.2) is 5.82 Å². The molecule has 3 heterocycles. The average Bonchev–Trinajstić information content (AvgIpc) is 3.39. The molecule has 0 radical (unpaired) electrons. The molecule has 8 nitrogen and oxygen atoms in total. The molecule has 1 N–H and O–H groups in total. The van der Waals surface area contributed by atoms with Crippen LogP contribution >= 0.6 is 11.3 Å². The molecule has 2 aromatic heterocycles. The Hall–Kier alpha value is -2.78. The van der Waals surface area contributed by atoms with Crippen molar-refractivity contribution < 1.29 is 19.0 Å². The fourth-order valence-electron chi connectivity index (χ4n) is 3.78. The molecular formula is C25H34N4O4S. The Balaban J connectivity index is 1.34. The molecule has 184 valence electrons. The van der Waals surface area contributed by atoms with Gasteiger partial charge in [-0.3, -0.25) is 0 Å². The number of thiazole rings is 1. The van der Waals surface area contributed by atoms with E-state index in [1.54, 1.807) is 4.90 Å². The number of anilines is 1. The Morgan fingerprint density at radius 1 is 1.24 bits per heavy atom. The predicted octanol–water partition coefficient (Wildman–Crippen LogP) is 5.66. The van der Waals surface area contributed by atoms with Crippen LogP contribution in [0.5, 0.6) is 5.19 Å². The van der Waals surface area contributed by atoms with Gasteiger partial charge in [-0.25, -0.2) is 4.79 Å². The molecule has 0 unspecified atom stereocenters. The summed E-state index contributed by atoms with van der Waals surface area (Å²) in [5.74, 6) is 0.838. The fraction of sp³-hybridized carbons (Fsp3) is 0.520. The summed E-state index contributed by atoms with van der Waals surface area (Å²) in [6.45, 7) is 11.4. The van der Waals surface area contributed by atoms with Gasteiger partial charge in [0.1, 0.15) is 18.4 Å². The van der Waals surface area contributed by atoms with E-state index in [2.05, 4.69) is 28.1 Å². The molecular weight excluding hydrogens is 452 g/mol. The second-order valence-electron chi connectivity index (χ2n) is 9.75. The number of carbonyl (C=O) groups excluding carboxylic acids is 1. The van der Waals surface area contributed by atoms with Crippen LogP contribution in [0.4, 0.5) is 10.5 Å². The van der Waals surface area contributed by atoms with E-state index in [0.29, 0.717) is 25.0 Å². The number of carbonyl (C=O) groups is 1. The van der Waals surface area contributed by atoms with Gasteiger partial charge in [0.05, 0.1) is 11.6 Å². The SMILES string of the molecule is CC(C)OCNc1ccc2c(ccn2-c2csc(OC3CCN(C(=O)OC(C)(C)C)CC3)n2)c1. The first kappa shape index (κ1) is 24.3. The van der Waals surface area contributed by atoms with Gasteiger partial charge in [0, 0.05) is 48.6 Å². The summed E-state index contributed by atoms with van der Waals surface area (Å²) < 4.78 is 19.3. The third-order valence-corrected chi connectivity index (χ3v) is 6.18. The number of aromatic nitrogens is 2. The topological polar surface area (TPSA) is 77.9 Å². The summed E-state index contributed by atoms with van der Waals surface area (Å²) in [7, 11) is 0. The summed E-state index contributed by atoms with van der Waals surface area (Å²) in [6, 6.07) is 8.32. The van der Waals surface area contributed by atoms with E-state index in [9.17, 15) is 4.79 Å². The minimum absolute atomic E-state index is 0.0424. The lowest BCUT2D eigenvalue weighted by Crippen LogP contribution is -2.44. The van der Waals surface area contributed by atoms with Gasteiger partial charge < -0.3 is 29.0 Å². The molecule has 0 spiro atoms. The Bertz CT molecular complexity index is 1110. The fourth-order valence-corrected chi connectivity index (χ4v) is 4.49. The minimum Gasteiger partial charge on any atom is -0.467 e. The zero-order chi connectivity index (χ0) is 24.3. The molecule has 0 bridgehead atoms. The number of amides is 1. The van der Waals surface area contributed by atoms with Crippen molar-refractivity contribution in [3.05, 3.63) is 35.8 Å². The monoisotopic (exact) mass is 486 g/mol. The Kier molecular flexibility index (Phi) is 7.33. The highest BCUT2D eigenvalue weighted by Crippen LogP contribution is 2.29. The summed E-state index contributed by atoms with van der Waals surface area (Å²) >= 11 is 1.49. The third kappa shape index (κ3) is 6.21. The van der Waals surface area contributed by atoms with E-state index in [1.807, 2.05) is 52.3 Å². The maximum absolute atomic E-state index is 12.3. The van der Waals surface area contributed by atoms with Crippen LogP contribution in [0.15, 0.2) is 35.8 Å². The number of hydrogen-bond acceptors (Lipinski definition) is 7. The van der Waals surface area contributed by atoms with Crippen LogP contribution in [-0.2, 0) is 9.47 Å². The van der Waals surface area contributed by atoms with Gasteiger partial charge in [-0.1, -0.05) is 11.3 Å². The standard InChI is InChI=1S/C25H34N4O4S/c1-17(2)31-16-26-19-6-7-21-18(14-19)8-13-29(21)22-15-34-23(27-22)32-20-9-11-28(12-10-20)24(30)33-25(3,4)5/h6-8,13-15,17,20,26H,9-12,16H2,1-5H3. The molecule has 1 saturated heterocycles. The normalized spacial score (nSPS) is 15.2. The second kappa shape index (κ2) is 10.2. The second-order valence-corrected chi connectivity index (χ2v) is 10.6. The molecule has 0 aliphatic carbocycles. The molecule has 1 aromatic carbocycles. The van der Waals surface area contributed by atoms with Gasteiger partial charge in [0.25, 0.3) is 5.19 Å². The number of likely N-dealkylation sites (tertiary alicyclic amines) is 1. The van der Waals surface area contributed by atoms with Crippen molar-refractivity contribution in [3.63, 3.8) is 0 Å². The van der Waals surface area contributed by atoms with Gasteiger partial charge in [-0.2, -0.15) is 4.98 Å². The van der Waals surface area contributed by atoms with E-state index < -0.39 is 5.60 Å². The maximum Gasteiger partial charge on any atom is 0.410 e. The number of nitrogens with zero attached hydrogens (tertiary/aromatic N) is 3. The number of benzene rings is 1. The Morgan fingerprint density at radius 3 is 2.71 bits per heavy atom. The Morgan fingerprint density at radius 2 is 2.00 bits per heavy atom. The van der Waals surface area contributed by atoms with Crippen LogP contribution in [0.1, 0.15) is 47.5 Å². The highest BCUT2D eigenvalue weighted by Gasteiger charge is 2.28. The quantitative estimate of drug-likeness (QED) is 0.434. The van der Waals surface area contributed by atoms with E-state index in [0.717, 1.165) is 35.2 Å². The zero-order valence-electron chi connectivity index (χ0n) is 20.5. The van der Waals surface area contributed by atoms with Gasteiger partial charge >= 0.3 is 6.09 Å². The summed E-state index contributed by atoms with van der Waals surface area (Å²) in [4.78, 5) is 18.7. The number of hydrogen-bond donors (Lipinski definition) is 1. The average molecular weight is 487 g/mol. The number of nitrogens with one attached hydrogen (secondary N) is 1. The zero-order valence-corrected chi connectivity index (χ0v) is 21.4. The van der Waals surface area contributed by atoms with Crippen molar-refractivity contribution in [1.82, 2.24) is 14.5 Å². The van der Waals surface area contributed by atoms with Crippen molar-refractivity contribution in [3.8, 4) is 11.0 Å². The van der Waals surface area contributed by atoms with Crippen LogP contribution in [0.25, 0.3) is 16.7 Å². The van der Waals surface area contributed by atoms with Crippen molar-refractivity contribution in [2.75, 3.05) is 25.1 Å². The molecule has 34 heavy (non-hydrogen) atoms. The molecule has 0 saturated carbocycles. The molecule has 0 atom stereocenters. The first-order valence-electron chi connectivity index (χ1n) is 11.7. The van der Waals surface area contributed by atoms with E-state index in [1.165, 1.54) is 11.3 Å². The third-order valence-electron chi connectivity index (χ3n) is 5.46. The van der Waals surface area contributed by atoms with Crippen molar-refractivity contribution in [1.29, 1.82) is 0 Å². The van der Waals surface area contributed by atoms with Crippen LogP contribution in [0, 0.1) is 0 Å². The minimum atomic E-state index is -0.482. The highest BCUT2D eigenvalue weighted by atomic mass is 32.1. The summed E-state index contributed by atoms with van der Waals surface area (Å²) in [5.41, 5.74) is 1.62. The molecule has 9 heteroatoms. The Labute approximate surface area is 204 Å². The van der Waals surface area contributed by atoms with Crippen LogP contribution in [-0.4, -0.2) is 58.2 Å². The molecule has 3 aromatic rings. The lowest BCUT2D eigenvalue weighted by molar-refractivity contribution is 0.0126. The molecule has 1 fully saturated rings. The lowest BCUT2D eigenvalue weighted by Gasteiger charge is -2.33. The largest absolute Gasteiger partial charge is 0.467 e. The van der Waals surface area contributed by atoms with Crippen molar-refractivity contribution >= 4 is 34.0 Å². The lowest BCUT2D eigenvalue weighted by atomic mass is 10.1. The predicted molar refractivity (Wildman–Crippen MR) is 135 cm³/mol. The number of fused-ring (bicyclic) bond motifs is 1. The molecule has 4 rings (SSSR count). The number of piperidine rings is 1. The van der Waals surface area contributed by atoms with Gasteiger partial charge in [-0.05, 0) is 58.9 Å². The molecule has 1 aliphatic rings. The maximum atomic E-state index is 12.3. The van der Waals surface area contributed by atoms with E-state index >= 15 is 0 Å². The first-order valence-corrected chi connectivity index (χ1v) is 12.6. The van der Waals surface area contributed by atoms with Crippen LogP contribution < -0.4 is 10.1 Å². The van der Waals surface area contributed by atoms with E-state index in [-0.39, 0.29) is 18.3 Å². The van der Waals surface area contributed by atoms with Crippen LogP contribution in [0.3, 0.4) is 0 Å². The summed E-state index contributed by atoms with van der Waals surface area (Å²) in [5, 5.41) is 7.07.